The minimum absolute atomic E-state index is 0.428. The highest BCUT2D eigenvalue weighted by molar-refractivity contribution is 5.62. The fraction of sp³-hybridized carbons (Fsp3) is 0.421. The molecule has 1 fully saturated rings. The van der Waals surface area contributed by atoms with E-state index >= 15 is 0 Å². The summed E-state index contributed by atoms with van der Waals surface area (Å²) in [6.45, 7) is 2.30. The van der Waals surface area contributed by atoms with E-state index in [1.54, 1.807) is 12.3 Å². The molecule has 1 aliphatic carbocycles. The molecule has 0 N–H and O–H groups in total. The maximum Gasteiger partial charge on any atom is 0.212 e. The van der Waals surface area contributed by atoms with Crippen LogP contribution in [0.3, 0.4) is 0 Å². The Labute approximate surface area is 126 Å². The molecule has 1 aromatic carbocycles. The predicted molar refractivity (Wildman–Crippen MR) is 84.6 cm³/mol. The zero-order valence-corrected chi connectivity index (χ0v) is 12.6. The lowest BCUT2D eigenvalue weighted by atomic mass is 9.78. The quantitative estimate of drug-likeness (QED) is 0.671. The number of nitrogens with zero attached hydrogens (tertiary/aromatic N) is 1. The number of hydrogen-bond donors (Lipinski definition) is 0. The summed E-state index contributed by atoms with van der Waals surface area (Å²) in [5.41, 5.74) is 3.52. The third-order valence-electron chi connectivity index (χ3n) is 4.87. The van der Waals surface area contributed by atoms with Crippen molar-refractivity contribution in [2.24, 2.45) is 5.92 Å². The lowest BCUT2D eigenvalue weighted by Gasteiger charge is -2.28. The Morgan fingerprint density at radius 3 is 2.19 bits per heavy atom. The second kappa shape index (κ2) is 6.38. The number of aromatic nitrogens is 1. The van der Waals surface area contributed by atoms with E-state index in [9.17, 15) is 4.39 Å². The topological polar surface area (TPSA) is 12.9 Å². The monoisotopic (exact) mass is 283 g/mol. The molecule has 0 aliphatic heterocycles. The van der Waals surface area contributed by atoms with Crippen LogP contribution in [-0.4, -0.2) is 4.98 Å². The van der Waals surface area contributed by atoms with Crippen molar-refractivity contribution in [3.05, 3.63) is 54.1 Å². The van der Waals surface area contributed by atoms with E-state index in [2.05, 4.69) is 36.2 Å². The molecule has 2 aromatic rings. The Morgan fingerprint density at radius 2 is 1.62 bits per heavy atom. The second-order valence-electron chi connectivity index (χ2n) is 6.12. The zero-order chi connectivity index (χ0) is 14.7. The van der Waals surface area contributed by atoms with Gasteiger partial charge in [0.1, 0.15) is 0 Å². The van der Waals surface area contributed by atoms with Crippen LogP contribution < -0.4 is 0 Å². The van der Waals surface area contributed by atoms with Crippen LogP contribution in [0.25, 0.3) is 11.1 Å². The van der Waals surface area contributed by atoms with Crippen molar-refractivity contribution in [2.75, 3.05) is 0 Å². The molecule has 21 heavy (non-hydrogen) atoms. The summed E-state index contributed by atoms with van der Waals surface area (Å²) in [7, 11) is 0. The van der Waals surface area contributed by atoms with E-state index in [4.69, 9.17) is 0 Å². The molecule has 3 rings (SSSR count). The number of rotatable bonds is 3. The molecule has 1 aromatic heterocycles. The summed E-state index contributed by atoms with van der Waals surface area (Å²) in [6.07, 6.45) is 8.28. The molecule has 0 radical (unpaired) electrons. The maximum atomic E-state index is 12.9. The Morgan fingerprint density at radius 1 is 0.952 bits per heavy atom. The molecule has 1 nitrogen and oxygen atoms in total. The predicted octanol–water partition coefficient (Wildman–Crippen LogP) is 5.57. The molecule has 0 spiro atoms. The van der Waals surface area contributed by atoms with Crippen LogP contribution in [0.15, 0.2) is 42.6 Å². The smallest absolute Gasteiger partial charge is 0.212 e. The number of benzene rings is 1. The van der Waals surface area contributed by atoms with E-state index in [1.807, 2.05) is 0 Å². The van der Waals surface area contributed by atoms with Gasteiger partial charge in [-0.05, 0) is 60.8 Å². The van der Waals surface area contributed by atoms with Gasteiger partial charge in [-0.25, -0.2) is 4.98 Å². The molecule has 1 heterocycles. The highest BCUT2D eigenvalue weighted by Crippen LogP contribution is 2.37. The van der Waals surface area contributed by atoms with Crippen molar-refractivity contribution in [3.8, 4) is 11.1 Å². The lowest BCUT2D eigenvalue weighted by Crippen LogP contribution is -2.12. The molecule has 1 aliphatic rings. The van der Waals surface area contributed by atoms with Crippen LogP contribution in [0.4, 0.5) is 4.39 Å². The van der Waals surface area contributed by atoms with Gasteiger partial charge < -0.3 is 0 Å². The largest absolute Gasteiger partial charge is 0.228 e. The van der Waals surface area contributed by atoms with Crippen molar-refractivity contribution in [1.29, 1.82) is 0 Å². The second-order valence-corrected chi connectivity index (χ2v) is 6.12. The van der Waals surface area contributed by atoms with Crippen molar-refractivity contribution in [2.45, 2.75) is 44.9 Å². The summed E-state index contributed by atoms with van der Waals surface area (Å²) in [6, 6.07) is 11.9. The third kappa shape index (κ3) is 3.31. The molecular formula is C19H22FN. The van der Waals surface area contributed by atoms with Crippen LogP contribution in [-0.2, 0) is 0 Å². The molecule has 110 valence electrons. The highest BCUT2D eigenvalue weighted by Gasteiger charge is 2.21. The molecule has 0 unspecified atom stereocenters. The standard InChI is InChI=1S/C19H22FN/c1-2-14-3-5-15(6-4-14)16-7-9-17(10-8-16)18-11-12-19(20)21-13-18/h7-15H,2-6H2,1H3/t14-,15-. The Hall–Kier alpha value is -1.70. The molecule has 0 atom stereocenters. The zero-order valence-electron chi connectivity index (χ0n) is 12.6. The van der Waals surface area contributed by atoms with Gasteiger partial charge >= 0.3 is 0 Å². The van der Waals surface area contributed by atoms with Crippen LogP contribution in [0.5, 0.6) is 0 Å². The lowest BCUT2D eigenvalue weighted by molar-refractivity contribution is 0.319. The van der Waals surface area contributed by atoms with Gasteiger partial charge in [-0.1, -0.05) is 37.6 Å². The van der Waals surface area contributed by atoms with E-state index in [-0.39, 0.29) is 0 Å². The van der Waals surface area contributed by atoms with Crippen molar-refractivity contribution in [1.82, 2.24) is 4.98 Å². The van der Waals surface area contributed by atoms with Gasteiger partial charge in [0.05, 0.1) is 0 Å². The molecular weight excluding hydrogens is 261 g/mol. The number of hydrogen-bond acceptors (Lipinski definition) is 1. The van der Waals surface area contributed by atoms with Gasteiger partial charge in [0.25, 0.3) is 0 Å². The van der Waals surface area contributed by atoms with Crippen molar-refractivity contribution < 1.29 is 4.39 Å². The summed E-state index contributed by atoms with van der Waals surface area (Å²) in [5, 5.41) is 0. The highest BCUT2D eigenvalue weighted by atomic mass is 19.1. The fourth-order valence-electron chi connectivity index (χ4n) is 3.40. The maximum absolute atomic E-state index is 12.9. The average molecular weight is 283 g/mol. The van der Waals surface area contributed by atoms with E-state index in [0.717, 1.165) is 17.0 Å². The third-order valence-corrected chi connectivity index (χ3v) is 4.87. The first kappa shape index (κ1) is 14.2. The van der Waals surface area contributed by atoms with Gasteiger partial charge in [0, 0.05) is 11.8 Å². The number of halogens is 1. The molecule has 1 saturated carbocycles. The first-order valence-electron chi connectivity index (χ1n) is 7.98. The molecule has 0 bridgehead atoms. The molecule has 0 saturated heterocycles. The number of pyridine rings is 1. The van der Waals surface area contributed by atoms with E-state index < -0.39 is 5.95 Å². The summed E-state index contributed by atoms with van der Waals surface area (Å²) < 4.78 is 12.9. The van der Waals surface area contributed by atoms with Gasteiger partial charge in [-0.15, -0.1) is 0 Å². The van der Waals surface area contributed by atoms with Gasteiger partial charge in [0.15, 0.2) is 0 Å². The van der Waals surface area contributed by atoms with Crippen LogP contribution >= 0.6 is 0 Å². The summed E-state index contributed by atoms with van der Waals surface area (Å²) >= 11 is 0. The minimum Gasteiger partial charge on any atom is -0.228 e. The fourth-order valence-corrected chi connectivity index (χ4v) is 3.40. The Kier molecular flexibility index (Phi) is 4.33. The van der Waals surface area contributed by atoms with E-state index in [1.165, 1.54) is 43.7 Å². The first-order chi connectivity index (χ1) is 10.3. The average Bonchev–Trinajstić information content (AvgIpc) is 2.56. The molecule has 0 amide bonds. The SMILES string of the molecule is CC[C@H]1CC[C@H](c2ccc(-c3ccc(F)nc3)cc2)CC1. The van der Waals surface area contributed by atoms with Crippen LogP contribution in [0, 0.1) is 11.9 Å². The minimum atomic E-state index is -0.428. The van der Waals surface area contributed by atoms with E-state index in [0.29, 0.717) is 5.92 Å². The summed E-state index contributed by atoms with van der Waals surface area (Å²) in [4.78, 5) is 3.72. The van der Waals surface area contributed by atoms with Gasteiger partial charge in [0.2, 0.25) is 5.95 Å². The van der Waals surface area contributed by atoms with Crippen molar-refractivity contribution >= 4 is 0 Å². The molecule has 2 heteroatoms. The van der Waals surface area contributed by atoms with Crippen LogP contribution in [0.1, 0.15) is 50.5 Å². The summed E-state index contributed by atoms with van der Waals surface area (Å²) in [5.74, 6) is 1.22. The van der Waals surface area contributed by atoms with Crippen LogP contribution in [0.2, 0.25) is 0 Å². The normalized spacial score (nSPS) is 22.2. The Bertz CT molecular complexity index is 566. The Balaban J connectivity index is 1.71. The van der Waals surface area contributed by atoms with Gasteiger partial charge in [-0.3, -0.25) is 0 Å². The van der Waals surface area contributed by atoms with Gasteiger partial charge in [-0.2, -0.15) is 4.39 Å². The van der Waals surface area contributed by atoms with Crippen molar-refractivity contribution in [3.63, 3.8) is 0 Å². The first-order valence-corrected chi connectivity index (χ1v) is 7.98.